The molecule has 8 heteroatoms. The summed E-state index contributed by atoms with van der Waals surface area (Å²) in [4.78, 5) is 12.6. The molecule has 2 rings (SSSR count). The van der Waals surface area contributed by atoms with E-state index in [4.69, 9.17) is 14.6 Å². The van der Waals surface area contributed by atoms with Crippen molar-refractivity contribution in [3.05, 3.63) is 23.8 Å². The average Bonchev–Trinajstić information content (AvgIpc) is 2.79. The van der Waals surface area contributed by atoms with E-state index >= 15 is 0 Å². The first kappa shape index (κ1) is 14.5. The van der Waals surface area contributed by atoms with Crippen molar-refractivity contribution >= 4 is 11.8 Å². The number of ether oxygens (including phenoxy) is 3. The van der Waals surface area contributed by atoms with E-state index in [1.807, 2.05) is 0 Å². The molecule has 1 saturated heterocycles. The number of rotatable bonds is 5. The lowest BCUT2D eigenvalue weighted by Crippen LogP contribution is -2.25. The van der Waals surface area contributed by atoms with Crippen LogP contribution >= 0.6 is 0 Å². The quantitative estimate of drug-likeness (QED) is 0.827. The van der Waals surface area contributed by atoms with Crippen molar-refractivity contribution in [1.82, 2.24) is 0 Å². The molecule has 1 N–H and O–H groups in total. The molecule has 1 aliphatic heterocycles. The summed E-state index contributed by atoms with van der Waals surface area (Å²) in [6, 6.07) is 1.91. The van der Waals surface area contributed by atoms with Gasteiger partial charge in [-0.15, -0.1) is 0 Å². The first-order valence-electron chi connectivity index (χ1n) is 5.76. The van der Waals surface area contributed by atoms with Crippen LogP contribution in [0.1, 0.15) is 0 Å². The van der Waals surface area contributed by atoms with Crippen LogP contribution in [-0.4, -0.2) is 44.4 Å². The zero-order chi connectivity index (χ0) is 14.7. The van der Waals surface area contributed by atoms with Crippen LogP contribution in [0.25, 0.3) is 0 Å². The Kier molecular flexibility index (Phi) is 4.35. The van der Waals surface area contributed by atoms with Crippen LogP contribution < -0.4 is 9.64 Å². The van der Waals surface area contributed by atoms with Crippen molar-refractivity contribution in [2.75, 3.05) is 32.0 Å². The number of carbonyl (C=O) groups is 1. The smallest absolute Gasteiger partial charge is 0.414 e. The highest BCUT2D eigenvalue weighted by atomic mass is 19.1. The summed E-state index contributed by atoms with van der Waals surface area (Å²) in [5, 5.41) is 8.91. The summed E-state index contributed by atoms with van der Waals surface area (Å²) in [6.07, 6.45) is -1.48. The Balaban J connectivity index is 2.24. The van der Waals surface area contributed by atoms with Gasteiger partial charge in [-0.1, -0.05) is 0 Å². The molecule has 1 aromatic rings. The molecule has 0 spiro atoms. The third-order valence-electron chi connectivity index (χ3n) is 2.69. The molecule has 1 aliphatic rings. The molecule has 0 aliphatic carbocycles. The summed E-state index contributed by atoms with van der Waals surface area (Å²) in [7, 11) is 1.32. The van der Waals surface area contributed by atoms with Gasteiger partial charge in [-0.05, 0) is 0 Å². The number of cyclic esters (lactones) is 1. The van der Waals surface area contributed by atoms with Crippen LogP contribution in [0.3, 0.4) is 0 Å². The van der Waals surface area contributed by atoms with E-state index in [1.54, 1.807) is 0 Å². The lowest BCUT2D eigenvalue weighted by atomic mass is 10.2. The second-order valence-corrected chi connectivity index (χ2v) is 4.09. The van der Waals surface area contributed by atoms with Crippen molar-refractivity contribution in [1.29, 1.82) is 0 Å². The SMILES string of the molecule is COCOc1c(F)cc(N2C[C@H](CO)OC2=O)cc1F. The van der Waals surface area contributed by atoms with Crippen LogP contribution in [0, 0.1) is 11.6 Å². The van der Waals surface area contributed by atoms with E-state index in [0.29, 0.717) is 0 Å². The Bertz CT molecular complexity index is 488. The molecule has 0 aromatic heterocycles. The highest BCUT2D eigenvalue weighted by molar-refractivity contribution is 5.89. The molecule has 0 unspecified atom stereocenters. The third-order valence-corrected chi connectivity index (χ3v) is 2.69. The molecule has 6 nitrogen and oxygen atoms in total. The molecule has 1 amide bonds. The number of methoxy groups -OCH3 is 1. The zero-order valence-electron chi connectivity index (χ0n) is 10.6. The minimum atomic E-state index is -0.961. The Labute approximate surface area is 113 Å². The highest BCUT2D eigenvalue weighted by Gasteiger charge is 2.32. The standard InChI is InChI=1S/C12H13F2NO5/c1-18-6-19-11-9(13)2-7(3-10(11)14)15-4-8(5-16)20-12(15)17/h2-3,8,16H,4-6H2,1H3/t8-/m1/s1. The normalized spacial score (nSPS) is 18.3. The van der Waals surface area contributed by atoms with Crippen LogP contribution in [0.4, 0.5) is 19.3 Å². The van der Waals surface area contributed by atoms with Gasteiger partial charge in [0.15, 0.2) is 24.2 Å². The summed E-state index contributed by atoms with van der Waals surface area (Å²) >= 11 is 0. The van der Waals surface area contributed by atoms with Crippen molar-refractivity contribution in [3.8, 4) is 5.75 Å². The van der Waals surface area contributed by atoms with Gasteiger partial charge in [-0.25, -0.2) is 13.6 Å². The number of nitrogens with zero attached hydrogens (tertiary/aromatic N) is 1. The molecule has 20 heavy (non-hydrogen) atoms. The fourth-order valence-corrected chi connectivity index (χ4v) is 1.79. The van der Waals surface area contributed by atoms with Crippen LogP contribution in [0.5, 0.6) is 5.75 Å². The van der Waals surface area contributed by atoms with Gasteiger partial charge in [0.25, 0.3) is 0 Å². The van der Waals surface area contributed by atoms with Gasteiger partial charge < -0.3 is 19.3 Å². The lowest BCUT2D eigenvalue weighted by Gasteiger charge is -2.15. The van der Waals surface area contributed by atoms with Crippen molar-refractivity contribution < 1.29 is 32.9 Å². The Morgan fingerprint density at radius 3 is 2.60 bits per heavy atom. The molecule has 0 saturated carbocycles. The summed E-state index contributed by atoms with van der Waals surface area (Å²) in [5.41, 5.74) is -0.00860. The van der Waals surface area contributed by atoms with Crippen LogP contribution in [0.2, 0.25) is 0 Å². The number of aliphatic hydroxyl groups is 1. The van der Waals surface area contributed by atoms with Crippen molar-refractivity contribution in [2.24, 2.45) is 0 Å². The Morgan fingerprint density at radius 1 is 1.45 bits per heavy atom. The van der Waals surface area contributed by atoms with E-state index in [1.165, 1.54) is 7.11 Å². The number of anilines is 1. The van der Waals surface area contributed by atoms with Crippen LogP contribution in [0.15, 0.2) is 12.1 Å². The Hall–Kier alpha value is -1.93. The maximum Gasteiger partial charge on any atom is 0.414 e. The van der Waals surface area contributed by atoms with Crippen LogP contribution in [-0.2, 0) is 9.47 Å². The molecule has 1 aromatic carbocycles. The van der Waals surface area contributed by atoms with Gasteiger partial charge in [-0.2, -0.15) is 0 Å². The number of amides is 1. The first-order chi connectivity index (χ1) is 9.56. The second kappa shape index (κ2) is 6.02. The number of benzene rings is 1. The average molecular weight is 289 g/mol. The first-order valence-corrected chi connectivity index (χ1v) is 5.76. The van der Waals surface area contributed by atoms with Crippen molar-refractivity contribution in [3.63, 3.8) is 0 Å². The lowest BCUT2D eigenvalue weighted by molar-refractivity contribution is 0.0452. The molecule has 110 valence electrons. The molecule has 1 fully saturated rings. The van der Waals surface area contributed by atoms with E-state index < -0.39 is 29.6 Å². The molecule has 1 atom stereocenters. The molecule has 0 bridgehead atoms. The largest absolute Gasteiger partial charge is 0.461 e. The van der Waals surface area contributed by atoms with E-state index in [9.17, 15) is 13.6 Å². The summed E-state index contributed by atoms with van der Waals surface area (Å²) in [6.45, 7) is -0.639. The van der Waals surface area contributed by atoms with Gasteiger partial charge in [0.05, 0.1) is 18.8 Å². The number of carbonyl (C=O) groups excluding carboxylic acids is 1. The van der Waals surface area contributed by atoms with E-state index in [2.05, 4.69) is 4.74 Å². The number of aliphatic hydroxyl groups excluding tert-OH is 1. The van der Waals surface area contributed by atoms with Gasteiger partial charge in [0.2, 0.25) is 0 Å². The van der Waals surface area contributed by atoms with E-state index in [0.717, 1.165) is 17.0 Å². The minimum absolute atomic E-state index is 0.00860. The highest BCUT2D eigenvalue weighted by Crippen LogP contribution is 2.30. The molecular formula is C12H13F2NO5. The van der Waals surface area contributed by atoms with Gasteiger partial charge in [0.1, 0.15) is 6.10 Å². The summed E-state index contributed by atoms with van der Waals surface area (Å²) < 4.78 is 41.6. The zero-order valence-corrected chi connectivity index (χ0v) is 10.6. The minimum Gasteiger partial charge on any atom is -0.461 e. The third kappa shape index (κ3) is 2.81. The maximum absolute atomic E-state index is 13.7. The molecule has 0 radical (unpaired) electrons. The van der Waals surface area contributed by atoms with Gasteiger partial charge in [0, 0.05) is 19.2 Å². The number of halogens is 2. The number of hydrogen-bond donors (Lipinski definition) is 1. The number of hydrogen-bond acceptors (Lipinski definition) is 5. The Morgan fingerprint density at radius 2 is 2.10 bits per heavy atom. The maximum atomic E-state index is 13.7. The second-order valence-electron chi connectivity index (χ2n) is 4.09. The van der Waals surface area contributed by atoms with Crippen molar-refractivity contribution in [2.45, 2.75) is 6.10 Å². The fraction of sp³-hybridized carbons (Fsp3) is 0.417. The summed E-state index contributed by atoms with van der Waals surface area (Å²) in [5.74, 6) is -2.50. The predicted molar refractivity (Wildman–Crippen MR) is 63.6 cm³/mol. The van der Waals surface area contributed by atoms with Gasteiger partial charge in [-0.3, -0.25) is 4.90 Å². The monoisotopic (exact) mass is 289 g/mol. The topological polar surface area (TPSA) is 68.2 Å². The molecule has 1 heterocycles. The predicted octanol–water partition coefficient (Wildman–Crippen LogP) is 1.27. The molecular weight excluding hydrogens is 276 g/mol. The fourth-order valence-electron chi connectivity index (χ4n) is 1.79. The van der Waals surface area contributed by atoms with E-state index in [-0.39, 0.29) is 25.6 Å². The van der Waals surface area contributed by atoms with Gasteiger partial charge >= 0.3 is 6.09 Å².